The average Bonchev–Trinajstić information content (AvgIpc) is 3.95. The second-order valence-corrected chi connectivity index (χ2v) is 15.5. The number of nitrogens with zero attached hydrogens (tertiary/aromatic N) is 2. The molecule has 2 aromatic heterocycles. The van der Waals surface area contributed by atoms with E-state index in [0.29, 0.717) is 5.89 Å². The number of hydrogen-bond acceptors (Lipinski definition) is 4. The number of benzene rings is 10. The van der Waals surface area contributed by atoms with Gasteiger partial charge < -0.3 is 13.7 Å². The molecular formula is C57H36N2O2. The molecule has 0 aliphatic heterocycles. The molecule has 61 heavy (non-hydrogen) atoms. The first-order valence-electron chi connectivity index (χ1n) is 20.6. The minimum Gasteiger partial charge on any atom is -0.455 e. The summed E-state index contributed by atoms with van der Waals surface area (Å²) in [5, 5.41) is 6.50. The highest BCUT2D eigenvalue weighted by Crippen LogP contribution is 2.47. The number of furan rings is 1. The maximum absolute atomic E-state index is 7.03. The average molecular weight is 781 g/mol. The van der Waals surface area contributed by atoms with Crippen LogP contribution in [0.4, 0.5) is 17.1 Å². The zero-order valence-corrected chi connectivity index (χ0v) is 33.0. The van der Waals surface area contributed by atoms with Gasteiger partial charge in [0.25, 0.3) is 0 Å². The summed E-state index contributed by atoms with van der Waals surface area (Å²) < 4.78 is 13.3. The second-order valence-electron chi connectivity index (χ2n) is 15.5. The van der Waals surface area contributed by atoms with Crippen LogP contribution in [0.3, 0.4) is 0 Å². The van der Waals surface area contributed by atoms with Crippen molar-refractivity contribution >= 4 is 71.6 Å². The molecule has 0 aliphatic carbocycles. The molecule has 0 saturated carbocycles. The van der Waals surface area contributed by atoms with Crippen molar-refractivity contribution in [3.05, 3.63) is 218 Å². The first-order chi connectivity index (χ1) is 30.2. The number of para-hydroxylation sites is 2. The highest BCUT2D eigenvalue weighted by atomic mass is 16.3. The zero-order valence-electron chi connectivity index (χ0n) is 33.0. The Labute approximate surface area is 352 Å². The van der Waals surface area contributed by atoms with Gasteiger partial charge in [0.05, 0.1) is 11.1 Å². The predicted molar refractivity (Wildman–Crippen MR) is 253 cm³/mol. The van der Waals surface area contributed by atoms with Gasteiger partial charge in [-0.05, 0) is 110 Å². The Hall–Kier alpha value is -8.21. The topological polar surface area (TPSA) is 42.4 Å². The van der Waals surface area contributed by atoms with Gasteiger partial charge in [-0.25, -0.2) is 4.98 Å². The number of anilines is 3. The smallest absolute Gasteiger partial charge is 0.227 e. The lowest BCUT2D eigenvalue weighted by molar-refractivity contribution is 0.620. The Kier molecular flexibility index (Phi) is 8.13. The molecule has 0 fully saturated rings. The lowest BCUT2D eigenvalue weighted by Gasteiger charge is -2.27. The summed E-state index contributed by atoms with van der Waals surface area (Å²) >= 11 is 0. The fourth-order valence-corrected chi connectivity index (χ4v) is 8.95. The lowest BCUT2D eigenvalue weighted by Crippen LogP contribution is -2.10. The molecule has 0 saturated heterocycles. The fourth-order valence-electron chi connectivity index (χ4n) is 8.95. The third-order valence-corrected chi connectivity index (χ3v) is 11.9. The van der Waals surface area contributed by atoms with E-state index < -0.39 is 0 Å². The van der Waals surface area contributed by atoms with E-state index in [-0.39, 0.29) is 0 Å². The van der Waals surface area contributed by atoms with Crippen LogP contribution < -0.4 is 4.90 Å². The van der Waals surface area contributed by atoms with Crippen LogP contribution in [0.2, 0.25) is 0 Å². The van der Waals surface area contributed by atoms with Crippen molar-refractivity contribution in [3.63, 3.8) is 0 Å². The summed E-state index contributed by atoms with van der Waals surface area (Å²) in [6, 6.07) is 77.0. The molecule has 2 heterocycles. The quantitative estimate of drug-likeness (QED) is 0.162. The van der Waals surface area contributed by atoms with E-state index in [2.05, 4.69) is 199 Å². The standard InChI is InChI=1S/C57H36N2O2/c1-3-13-37(14-4-1)39-23-28-43(29-24-39)59(44-30-25-40(26-31-44)38-15-5-2-6-16-38)52-35-41-17-7-8-18-46(41)56-55(52)50-32-27-42(36-54(50)60-56)45-33-34-49(48-20-10-9-19-47(45)48)57-58-51-21-11-12-22-53(51)61-57/h1-36H. The molecule has 12 rings (SSSR count). The Morgan fingerprint density at radius 3 is 1.57 bits per heavy atom. The first kappa shape index (κ1) is 34.8. The number of hydrogen-bond donors (Lipinski definition) is 0. The van der Waals surface area contributed by atoms with Gasteiger partial charge >= 0.3 is 0 Å². The van der Waals surface area contributed by atoms with Crippen LogP contribution in [0.15, 0.2) is 227 Å². The molecule has 4 nitrogen and oxygen atoms in total. The van der Waals surface area contributed by atoms with Gasteiger partial charge in [0, 0.05) is 27.7 Å². The maximum atomic E-state index is 7.03. The highest BCUT2D eigenvalue weighted by Gasteiger charge is 2.23. The van der Waals surface area contributed by atoms with Gasteiger partial charge in [0.1, 0.15) is 16.7 Å². The zero-order chi connectivity index (χ0) is 40.3. The van der Waals surface area contributed by atoms with Crippen molar-refractivity contribution in [1.29, 1.82) is 0 Å². The monoisotopic (exact) mass is 780 g/mol. The molecule has 286 valence electrons. The Bertz CT molecular complexity index is 3450. The molecule has 10 aromatic carbocycles. The van der Waals surface area contributed by atoms with E-state index in [9.17, 15) is 0 Å². The molecule has 4 heteroatoms. The Morgan fingerprint density at radius 1 is 0.361 bits per heavy atom. The van der Waals surface area contributed by atoms with E-state index >= 15 is 0 Å². The van der Waals surface area contributed by atoms with Gasteiger partial charge in [-0.15, -0.1) is 0 Å². The van der Waals surface area contributed by atoms with Crippen molar-refractivity contribution in [2.45, 2.75) is 0 Å². The molecule has 0 amide bonds. The van der Waals surface area contributed by atoms with Gasteiger partial charge in [-0.1, -0.05) is 158 Å². The van der Waals surface area contributed by atoms with Crippen LogP contribution >= 0.6 is 0 Å². The molecule has 0 aliphatic rings. The molecule has 0 spiro atoms. The number of fused-ring (bicyclic) bond motifs is 7. The van der Waals surface area contributed by atoms with E-state index in [0.717, 1.165) is 88.3 Å². The van der Waals surface area contributed by atoms with E-state index in [1.807, 2.05) is 24.3 Å². The molecule has 0 bridgehead atoms. The minimum absolute atomic E-state index is 0.616. The number of rotatable bonds is 7. The van der Waals surface area contributed by atoms with E-state index in [4.69, 9.17) is 13.8 Å². The fraction of sp³-hybridized carbons (Fsp3) is 0. The molecule has 0 N–H and O–H groups in total. The van der Waals surface area contributed by atoms with Crippen molar-refractivity contribution < 1.29 is 8.83 Å². The minimum atomic E-state index is 0.616. The predicted octanol–water partition coefficient (Wildman–Crippen LogP) is 16.2. The van der Waals surface area contributed by atoms with Crippen LogP contribution in [-0.2, 0) is 0 Å². The number of aromatic nitrogens is 1. The van der Waals surface area contributed by atoms with Crippen LogP contribution in [0, 0.1) is 0 Å². The van der Waals surface area contributed by atoms with Crippen LogP contribution in [0.1, 0.15) is 0 Å². The molecular weight excluding hydrogens is 745 g/mol. The van der Waals surface area contributed by atoms with Crippen molar-refractivity contribution in [3.8, 4) is 44.8 Å². The van der Waals surface area contributed by atoms with Crippen molar-refractivity contribution in [1.82, 2.24) is 4.98 Å². The van der Waals surface area contributed by atoms with Crippen LogP contribution in [-0.4, -0.2) is 4.98 Å². The van der Waals surface area contributed by atoms with Crippen molar-refractivity contribution in [2.75, 3.05) is 4.90 Å². The normalized spacial score (nSPS) is 11.6. The highest BCUT2D eigenvalue weighted by molar-refractivity contribution is 6.22. The Morgan fingerprint density at radius 2 is 0.902 bits per heavy atom. The molecule has 0 atom stereocenters. The van der Waals surface area contributed by atoms with E-state index in [1.54, 1.807) is 0 Å². The third kappa shape index (κ3) is 5.96. The summed E-state index contributed by atoms with van der Waals surface area (Å²) in [5.41, 5.74) is 14.3. The van der Waals surface area contributed by atoms with Crippen molar-refractivity contribution in [2.24, 2.45) is 0 Å². The largest absolute Gasteiger partial charge is 0.455 e. The third-order valence-electron chi connectivity index (χ3n) is 11.9. The van der Waals surface area contributed by atoms with Crippen LogP contribution in [0.5, 0.6) is 0 Å². The first-order valence-corrected chi connectivity index (χ1v) is 20.6. The van der Waals surface area contributed by atoms with Crippen LogP contribution in [0.25, 0.3) is 99.4 Å². The SMILES string of the molecule is c1ccc(-c2ccc(N(c3ccc(-c4ccccc4)cc3)c3cc4ccccc4c4oc5cc(-c6ccc(-c7nc8ccccc8o7)c7ccccc67)ccc5c34)cc2)cc1. The summed E-state index contributed by atoms with van der Waals surface area (Å²) in [5.74, 6) is 0.616. The summed E-state index contributed by atoms with van der Waals surface area (Å²) in [6.07, 6.45) is 0. The van der Waals surface area contributed by atoms with Gasteiger partial charge in [-0.2, -0.15) is 0 Å². The summed E-state index contributed by atoms with van der Waals surface area (Å²) in [6.45, 7) is 0. The lowest BCUT2D eigenvalue weighted by atomic mass is 9.94. The van der Waals surface area contributed by atoms with Gasteiger partial charge in [-0.3, -0.25) is 0 Å². The summed E-state index contributed by atoms with van der Waals surface area (Å²) in [4.78, 5) is 7.22. The second kappa shape index (κ2) is 14.3. The maximum Gasteiger partial charge on any atom is 0.227 e. The molecule has 12 aromatic rings. The Balaban J connectivity index is 1.04. The van der Waals surface area contributed by atoms with Gasteiger partial charge in [0.2, 0.25) is 5.89 Å². The van der Waals surface area contributed by atoms with E-state index in [1.165, 1.54) is 22.3 Å². The number of oxazole rings is 1. The molecule has 0 radical (unpaired) electrons. The molecule has 0 unspecified atom stereocenters. The van der Waals surface area contributed by atoms with Gasteiger partial charge in [0.15, 0.2) is 5.58 Å². The summed E-state index contributed by atoms with van der Waals surface area (Å²) in [7, 11) is 0.